The molecule has 0 aliphatic carbocycles. The summed E-state index contributed by atoms with van der Waals surface area (Å²) < 4.78 is 0. The topological polar surface area (TPSA) is 28.7 Å². The van der Waals surface area contributed by atoms with Gasteiger partial charge in [-0.2, -0.15) is 11.3 Å². The molecule has 102 valence electrons. The van der Waals surface area contributed by atoms with Crippen LogP contribution in [0.2, 0.25) is 10.0 Å². The van der Waals surface area contributed by atoms with Crippen molar-refractivity contribution in [3.63, 3.8) is 0 Å². The zero-order valence-electron chi connectivity index (χ0n) is 10.8. The fraction of sp³-hybridized carbons (Fsp3) is 0.133. The Bertz CT molecular complexity index is 732. The lowest BCUT2D eigenvalue weighted by molar-refractivity contribution is 1.02. The first kappa shape index (κ1) is 13.7. The molecule has 1 N–H and O–H groups in total. The van der Waals surface area contributed by atoms with Gasteiger partial charge >= 0.3 is 0 Å². The smallest absolute Gasteiger partial charge is 0.111 e. The van der Waals surface area contributed by atoms with Gasteiger partial charge in [-0.1, -0.05) is 23.2 Å². The average Bonchev–Trinajstić information content (AvgIpc) is 3.03. The number of nitrogens with zero attached hydrogens (tertiary/aromatic N) is 1. The molecular formula is C15H12Cl2N2S. The van der Waals surface area contributed by atoms with Gasteiger partial charge in [0.05, 0.1) is 10.7 Å². The average molecular weight is 323 g/mol. The van der Waals surface area contributed by atoms with Crippen LogP contribution in [0.1, 0.15) is 17.1 Å². The standard InChI is InChI=1S/C15H12Cl2N2S/c1-9-15(12-7-11(16)2-3-13(12)17)19-14(18-9)6-10-4-5-20-8-10/h2-5,7-8H,6H2,1H3,(H,18,19). The molecule has 0 unspecified atom stereocenters. The summed E-state index contributed by atoms with van der Waals surface area (Å²) >= 11 is 14.0. The molecule has 2 nitrogen and oxygen atoms in total. The zero-order chi connectivity index (χ0) is 14.1. The monoisotopic (exact) mass is 322 g/mol. The van der Waals surface area contributed by atoms with Gasteiger partial charge in [0.25, 0.3) is 0 Å². The molecule has 0 aliphatic heterocycles. The number of aryl methyl sites for hydroxylation is 1. The molecular weight excluding hydrogens is 311 g/mol. The maximum Gasteiger partial charge on any atom is 0.111 e. The summed E-state index contributed by atoms with van der Waals surface area (Å²) in [4.78, 5) is 7.98. The molecule has 1 aromatic carbocycles. The summed E-state index contributed by atoms with van der Waals surface area (Å²) in [6, 6.07) is 7.53. The van der Waals surface area contributed by atoms with E-state index >= 15 is 0 Å². The van der Waals surface area contributed by atoms with E-state index in [1.165, 1.54) is 5.56 Å². The van der Waals surface area contributed by atoms with Crippen LogP contribution in [-0.2, 0) is 6.42 Å². The number of thiophene rings is 1. The normalized spacial score (nSPS) is 10.9. The van der Waals surface area contributed by atoms with Crippen molar-refractivity contribution in [3.8, 4) is 11.3 Å². The molecule has 3 rings (SSSR count). The molecule has 0 amide bonds. The summed E-state index contributed by atoms with van der Waals surface area (Å²) in [5, 5.41) is 5.52. The molecule has 20 heavy (non-hydrogen) atoms. The van der Waals surface area contributed by atoms with E-state index in [0.717, 1.165) is 29.2 Å². The van der Waals surface area contributed by atoms with E-state index in [1.54, 1.807) is 23.5 Å². The number of aromatic amines is 1. The lowest BCUT2D eigenvalue weighted by Crippen LogP contribution is -1.88. The number of rotatable bonds is 3. The number of benzene rings is 1. The Morgan fingerprint density at radius 1 is 1.25 bits per heavy atom. The van der Waals surface area contributed by atoms with Gasteiger partial charge in [-0.3, -0.25) is 0 Å². The Balaban J connectivity index is 1.98. The molecule has 0 atom stereocenters. The highest BCUT2D eigenvalue weighted by Gasteiger charge is 2.13. The van der Waals surface area contributed by atoms with Crippen LogP contribution in [-0.4, -0.2) is 9.97 Å². The lowest BCUT2D eigenvalue weighted by Gasteiger charge is -2.02. The third kappa shape index (κ3) is 2.75. The molecule has 2 heterocycles. The van der Waals surface area contributed by atoms with Crippen LogP contribution in [0.15, 0.2) is 35.0 Å². The number of H-pyrrole nitrogens is 1. The predicted molar refractivity (Wildman–Crippen MR) is 85.9 cm³/mol. The Hall–Kier alpha value is -1.29. The van der Waals surface area contributed by atoms with Crippen LogP contribution >= 0.6 is 34.5 Å². The van der Waals surface area contributed by atoms with Crippen molar-refractivity contribution in [2.24, 2.45) is 0 Å². The van der Waals surface area contributed by atoms with E-state index in [-0.39, 0.29) is 0 Å². The van der Waals surface area contributed by atoms with Crippen molar-refractivity contribution in [1.82, 2.24) is 9.97 Å². The van der Waals surface area contributed by atoms with Gasteiger partial charge in [0.2, 0.25) is 0 Å². The summed E-state index contributed by atoms with van der Waals surface area (Å²) in [6.45, 7) is 2.00. The van der Waals surface area contributed by atoms with E-state index < -0.39 is 0 Å². The molecule has 2 aromatic heterocycles. The predicted octanol–water partition coefficient (Wildman–Crippen LogP) is 5.34. The second kappa shape index (κ2) is 5.60. The van der Waals surface area contributed by atoms with Crippen LogP contribution in [0.4, 0.5) is 0 Å². The second-order valence-electron chi connectivity index (χ2n) is 4.59. The van der Waals surface area contributed by atoms with Crippen molar-refractivity contribution in [1.29, 1.82) is 0 Å². The fourth-order valence-electron chi connectivity index (χ4n) is 2.13. The zero-order valence-corrected chi connectivity index (χ0v) is 13.1. The number of imidazole rings is 1. The summed E-state index contributed by atoms with van der Waals surface area (Å²) in [5.74, 6) is 0.937. The van der Waals surface area contributed by atoms with Gasteiger partial charge in [0.15, 0.2) is 0 Å². The highest BCUT2D eigenvalue weighted by molar-refractivity contribution is 7.07. The van der Waals surface area contributed by atoms with Crippen LogP contribution < -0.4 is 0 Å². The summed E-state index contributed by atoms with van der Waals surface area (Å²) in [7, 11) is 0. The molecule has 0 fully saturated rings. The summed E-state index contributed by atoms with van der Waals surface area (Å²) in [5.41, 5.74) is 3.99. The molecule has 0 radical (unpaired) electrons. The molecule has 5 heteroatoms. The van der Waals surface area contributed by atoms with Crippen LogP contribution in [0.3, 0.4) is 0 Å². The van der Waals surface area contributed by atoms with Crippen molar-refractivity contribution < 1.29 is 0 Å². The highest BCUT2D eigenvalue weighted by atomic mass is 35.5. The van der Waals surface area contributed by atoms with E-state index in [0.29, 0.717) is 10.0 Å². The Morgan fingerprint density at radius 3 is 2.85 bits per heavy atom. The Kier molecular flexibility index (Phi) is 3.83. The Labute approximate surface area is 131 Å². The first-order chi connectivity index (χ1) is 9.63. The van der Waals surface area contributed by atoms with Gasteiger partial charge in [-0.05, 0) is 47.5 Å². The van der Waals surface area contributed by atoms with Gasteiger partial charge in [0, 0.05) is 22.7 Å². The maximum absolute atomic E-state index is 6.24. The minimum atomic E-state index is 0.658. The van der Waals surface area contributed by atoms with E-state index in [1.807, 2.05) is 13.0 Å². The van der Waals surface area contributed by atoms with Crippen molar-refractivity contribution in [2.45, 2.75) is 13.3 Å². The lowest BCUT2D eigenvalue weighted by atomic mass is 10.1. The SMILES string of the molecule is Cc1[nH]c(Cc2ccsc2)nc1-c1cc(Cl)ccc1Cl. The maximum atomic E-state index is 6.24. The molecule has 3 aromatic rings. The van der Waals surface area contributed by atoms with Crippen molar-refractivity contribution >= 4 is 34.5 Å². The number of aromatic nitrogens is 2. The Morgan fingerprint density at radius 2 is 2.10 bits per heavy atom. The molecule has 0 saturated heterocycles. The van der Waals surface area contributed by atoms with E-state index in [4.69, 9.17) is 23.2 Å². The van der Waals surface area contributed by atoms with Gasteiger partial charge in [-0.15, -0.1) is 0 Å². The van der Waals surface area contributed by atoms with Gasteiger partial charge < -0.3 is 4.98 Å². The molecule has 0 bridgehead atoms. The van der Waals surface area contributed by atoms with Gasteiger partial charge in [-0.25, -0.2) is 4.98 Å². The number of nitrogens with one attached hydrogen (secondary N) is 1. The van der Waals surface area contributed by atoms with Crippen LogP contribution in [0.5, 0.6) is 0 Å². The van der Waals surface area contributed by atoms with Crippen LogP contribution in [0, 0.1) is 6.92 Å². The first-order valence-electron chi connectivity index (χ1n) is 6.15. The quantitative estimate of drug-likeness (QED) is 0.692. The third-order valence-corrected chi connectivity index (χ3v) is 4.37. The second-order valence-corrected chi connectivity index (χ2v) is 6.21. The number of hydrogen-bond donors (Lipinski definition) is 1. The largest absolute Gasteiger partial charge is 0.345 e. The number of halogens is 2. The fourth-order valence-corrected chi connectivity index (χ4v) is 3.18. The minimum Gasteiger partial charge on any atom is -0.345 e. The molecule has 0 spiro atoms. The highest BCUT2D eigenvalue weighted by Crippen LogP contribution is 2.31. The van der Waals surface area contributed by atoms with E-state index in [2.05, 4.69) is 26.8 Å². The molecule has 0 aliphatic rings. The van der Waals surface area contributed by atoms with E-state index in [9.17, 15) is 0 Å². The first-order valence-corrected chi connectivity index (χ1v) is 7.85. The molecule has 0 saturated carbocycles. The minimum absolute atomic E-state index is 0.658. The number of hydrogen-bond acceptors (Lipinski definition) is 2. The van der Waals surface area contributed by atoms with Crippen LogP contribution in [0.25, 0.3) is 11.3 Å². The van der Waals surface area contributed by atoms with Crippen molar-refractivity contribution in [3.05, 3.63) is 62.2 Å². The third-order valence-electron chi connectivity index (χ3n) is 3.07. The summed E-state index contributed by atoms with van der Waals surface area (Å²) in [6.07, 6.45) is 0.794. The van der Waals surface area contributed by atoms with Gasteiger partial charge in [0.1, 0.15) is 5.82 Å². The van der Waals surface area contributed by atoms with Crippen molar-refractivity contribution in [2.75, 3.05) is 0 Å².